The van der Waals surface area contributed by atoms with Gasteiger partial charge in [0.15, 0.2) is 0 Å². The maximum absolute atomic E-state index is 12.2. The van der Waals surface area contributed by atoms with Gasteiger partial charge in [-0.15, -0.1) is 0 Å². The van der Waals surface area contributed by atoms with Gasteiger partial charge in [-0.2, -0.15) is 0 Å². The Morgan fingerprint density at radius 2 is 1.46 bits per heavy atom. The van der Waals surface area contributed by atoms with E-state index in [9.17, 15) is 14.4 Å². The second-order valence-corrected chi connectivity index (χ2v) is 7.43. The minimum atomic E-state index is -0.599. The van der Waals surface area contributed by atoms with Gasteiger partial charge in [0.1, 0.15) is 5.60 Å². The molecule has 0 aromatic heterocycles. The van der Waals surface area contributed by atoms with E-state index in [4.69, 9.17) is 4.74 Å². The van der Waals surface area contributed by atoms with Crippen molar-refractivity contribution in [2.24, 2.45) is 0 Å². The summed E-state index contributed by atoms with van der Waals surface area (Å²) in [5, 5.41) is 2.58. The molecule has 2 aromatic carbocycles. The molecular formula is C21H25N3O4. The van der Waals surface area contributed by atoms with E-state index in [1.807, 2.05) is 26.0 Å². The number of hydrogen-bond donors (Lipinski definition) is 3. The van der Waals surface area contributed by atoms with Crippen LogP contribution in [-0.4, -0.2) is 23.5 Å². The molecule has 0 saturated heterocycles. The standard InChI is InChI=1S/C21H25N3O4/c1-13-6-11-17(14(2)12-13)19(26)24-23-18(25)15-7-9-16(10-8-15)22-20(27)28-21(3,4)5/h6-12H,1-5H3,(H,22,27)(H,23,25)(H,24,26). The summed E-state index contributed by atoms with van der Waals surface area (Å²) in [6.07, 6.45) is -0.578. The summed E-state index contributed by atoms with van der Waals surface area (Å²) >= 11 is 0. The van der Waals surface area contributed by atoms with Gasteiger partial charge in [0.05, 0.1) is 0 Å². The highest BCUT2D eigenvalue weighted by molar-refractivity contribution is 6.00. The van der Waals surface area contributed by atoms with E-state index in [1.165, 1.54) is 12.1 Å². The predicted octanol–water partition coefficient (Wildman–Crippen LogP) is 3.73. The van der Waals surface area contributed by atoms with Crippen LogP contribution >= 0.6 is 0 Å². The van der Waals surface area contributed by atoms with Crippen LogP contribution in [0.1, 0.15) is 52.6 Å². The van der Waals surface area contributed by atoms with Crippen molar-refractivity contribution in [3.8, 4) is 0 Å². The van der Waals surface area contributed by atoms with E-state index in [1.54, 1.807) is 39.0 Å². The van der Waals surface area contributed by atoms with Crippen LogP contribution in [0.25, 0.3) is 0 Å². The first-order valence-corrected chi connectivity index (χ1v) is 8.83. The van der Waals surface area contributed by atoms with E-state index < -0.39 is 23.5 Å². The lowest BCUT2D eigenvalue weighted by Crippen LogP contribution is -2.41. The number of rotatable bonds is 3. The Balaban J connectivity index is 1.92. The zero-order chi connectivity index (χ0) is 20.9. The number of benzene rings is 2. The Kier molecular flexibility index (Phi) is 6.41. The Morgan fingerprint density at radius 1 is 0.857 bits per heavy atom. The van der Waals surface area contributed by atoms with Crippen LogP contribution < -0.4 is 16.2 Å². The molecule has 2 aromatic rings. The minimum Gasteiger partial charge on any atom is -0.444 e. The van der Waals surface area contributed by atoms with E-state index >= 15 is 0 Å². The topological polar surface area (TPSA) is 96.5 Å². The molecule has 0 unspecified atom stereocenters. The molecule has 0 radical (unpaired) electrons. The van der Waals surface area contributed by atoms with Crippen LogP contribution in [-0.2, 0) is 4.74 Å². The molecule has 3 N–H and O–H groups in total. The van der Waals surface area contributed by atoms with Gasteiger partial charge < -0.3 is 4.74 Å². The van der Waals surface area contributed by atoms with Gasteiger partial charge in [-0.05, 0) is 70.5 Å². The Hall–Kier alpha value is -3.35. The summed E-state index contributed by atoms with van der Waals surface area (Å²) in [4.78, 5) is 36.2. The van der Waals surface area contributed by atoms with Gasteiger partial charge >= 0.3 is 6.09 Å². The number of nitrogens with one attached hydrogen (secondary N) is 3. The van der Waals surface area contributed by atoms with Gasteiger partial charge in [0.2, 0.25) is 0 Å². The highest BCUT2D eigenvalue weighted by Crippen LogP contribution is 2.13. The number of anilines is 1. The molecule has 0 aliphatic heterocycles. The van der Waals surface area contributed by atoms with Crippen LogP contribution in [0, 0.1) is 13.8 Å². The number of aryl methyl sites for hydroxylation is 2. The highest BCUT2D eigenvalue weighted by Gasteiger charge is 2.16. The summed E-state index contributed by atoms with van der Waals surface area (Å²) in [5.74, 6) is -0.865. The molecule has 0 spiro atoms. The first-order chi connectivity index (χ1) is 13.0. The third-order valence-electron chi connectivity index (χ3n) is 3.71. The number of ether oxygens (including phenoxy) is 1. The summed E-state index contributed by atoms with van der Waals surface area (Å²) in [7, 11) is 0. The predicted molar refractivity (Wildman–Crippen MR) is 107 cm³/mol. The largest absolute Gasteiger partial charge is 0.444 e. The lowest BCUT2D eigenvalue weighted by molar-refractivity contribution is 0.0635. The molecule has 3 amide bonds. The minimum absolute atomic E-state index is 0.329. The second kappa shape index (κ2) is 8.56. The van der Waals surface area contributed by atoms with E-state index in [0.717, 1.165) is 11.1 Å². The fourth-order valence-corrected chi connectivity index (χ4v) is 2.45. The summed E-state index contributed by atoms with van der Waals surface area (Å²) in [6.45, 7) is 9.09. The summed E-state index contributed by atoms with van der Waals surface area (Å²) < 4.78 is 5.17. The van der Waals surface area contributed by atoms with Crippen LogP contribution in [0.2, 0.25) is 0 Å². The number of carbonyl (C=O) groups excluding carboxylic acids is 3. The third kappa shape index (κ3) is 6.12. The van der Waals surface area contributed by atoms with Gasteiger partial charge in [-0.3, -0.25) is 25.8 Å². The molecule has 0 bridgehead atoms. The van der Waals surface area contributed by atoms with Crippen molar-refractivity contribution >= 4 is 23.6 Å². The maximum Gasteiger partial charge on any atom is 0.412 e. The molecule has 0 fully saturated rings. The molecule has 28 heavy (non-hydrogen) atoms. The fraction of sp³-hybridized carbons (Fsp3) is 0.286. The van der Waals surface area contributed by atoms with Gasteiger partial charge in [-0.1, -0.05) is 17.7 Å². The molecule has 0 saturated carbocycles. The number of carbonyl (C=O) groups is 3. The van der Waals surface area contributed by atoms with Gasteiger partial charge in [0.25, 0.3) is 11.8 Å². The van der Waals surface area contributed by atoms with E-state index in [2.05, 4.69) is 16.2 Å². The molecule has 2 rings (SSSR count). The Morgan fingerprint density at radius 3 is 2.04 bits per heavy atom. The Bertz CT molecular complexity index is 884. The van der Waals surface area contributed by atoms with Crippen molar-refractivity contribution < 1.29 is 19.1 Å². The lowest BCUT2D eigenvalue weighted by Gasteiger charge is -2.19. The monoisotopic (exact) mass is 383 g/mol. The van der Waals surface area contributed by atoms with Crippen LogP contribution in [0.5, 0.6) is 0 Å². The highest BCUT2D eigenvalue weighted by atomic mass is 16.6. The second-order valence-electron chi connectivity index (χ2n) is 7.43. The fourth-order valence-electron chi connectivity index (χ4n) is 2.45. The zero-order valence-corrected chi connectivity index (χ0v) is 16.7. The number of amides is 3. The van der Waals surface area contributed by atoms with Crippen molar-refractivity contribution in [3.05, 3.63) is 64.7 Å². The molecular weight excluding hydrogens is 358 g/mol. The smallest absolute Gasteiger partial charge is 0.412 e. The maximum atomic E-state index is 12.2. The Labute approximate surface area is 164 Å². The van der Waals surface area contributed by atoms with Crippen molar-refractivity contribution in [1.82, 2.24) is 10.9 Å². The lowest BCUT2D eigenvalue weighted by atomic mass is 10.1. The van der Waals surface area contributed by atoms with Crippen molar-refractivity contribution in [2.45, 2.75) is 40.2 Å². The third-order valence-corrected chi connectivity index (χ3v) is 3.71. The molecule has 0 aliphatic rings. The van der Waals surface area contributed by atoms with E-state index in [-0.39, 0.29) is 0 Å². The normalized spacial score (nSPS) is 10.8. The quantitative estimate of drug-likeness (QED) is 0.704. The molecule has 7 heteroatoms. The average Bonchev–Trinajstić information content (AvgIpc) is 2.58. The molecule has 148 valence electrons. The van der Waals surface area contributed by atoms with Crippen molar-refractivity contribution in [1.29, 1.82) is 0 Å². The van der Waals surface area contributed by atoms with Gasteiger partial charge in [0, 0.05) is 16.8 Å². The summed E-state index contributed by atoms with van der Waals surface area (Å²) in [6, 6.07) is 11.7. The van der Waals surface area contributed by atoms with Crippen molar-refractivity contribution in [3.63, 3.8) is 0 Å². The number of hydrazine groups is 1. The van der Waals surface area contributed by atoms with Gasteiger partial charge in [-0.25, -0.2) is 4.79 Å². The first kappa shape index (κ1) is 21.0. The van der Waals surface area contributed by atoms with Crippen LogP contribution in [0.3, 0.4) is 0 Å². The SMILES string of the molecule is Cc1ccc(C(=O)NNC(=O)c2ccc(NC(=O)OC(C)(C)C)cc2)c(C)c1. The van der Waals surface area contributed by atoms with Crippen LogP contribution in [0.15, 0.2) is 42.5 Å². The first-order valence-electron chi connectivity index (χ1n) is 8.83. The van der Waals surface area contributed by atoms with Crippen LogP contribution in [0.4, 0.5) is 10.5 Å². The zero-order valence-electron chi connectivity index (χ0n) is 16.7. The molecule has 0 atom stereocenters. The molecule has 0 heterocycles. The average molecular weight is 383 g/mol. The molecule has 7 nitrogen and oxygen atoms in total. The van der Waals surface area contributed by atoms with E-state index in [0.29, 0.717) is 16.8 Å². The summed E-state index contributed by atoms with van der Waals surface area (Å²) in [5.41, 5.74) is 7.37. The molecule has 0 aliphatic carbocycles. The van der Waals surface area contributed by atoms with Crippen molar-refractivity contribution in [2.75, 3.05) is 5.32 Å². The number of hydrogen-bond acceptors (Lipinski definition) is 4.